The zero-order valence-corrected chi connectivity index (χ0v) is 8.68. The van der Waals surface area contributed by atoms with Crippen molar-refractivity contribution in [2.75, 3.05) is 13.3 Å². The minimum atomic E-state index is -2.94. The summed E-state index contributed by atoms with van der Waals surface area (Å²) in [6, 6.07) is 0. The molecule has 1 atom stereocenters. The van der Waals surface area contributed by atoms with Crippen LogP contribution in [0.5, 0.6) is 0 Å². The lowest BCUT2D eigenvalue weighted by Gasteiger charge is -2.11. The molecular formula is C7H18NO3P. The molecule has 0 rings (SSSR count). The summed E-state index contributed by atoms with van der Waals surface area (Å²) in [6.45, 7) is 2.12. The monoisotopic (exact) mass is 195 g/mol. The summed E-state index contributed by atoms with van der Waals surface area (Å²) in [6.07, 6.45) is 4.61. The Morgan fingerprint density at radius 2 is 2.00 bits per heavy atom. The van der Waals surface area contributed by atoms with Crippen molar-refractivity contribution in [1.29, 1.82) is 0 Å². The van der Waals surface area contributed by atoms with E-state index in [1.54, 1.807) is 0 Å². The van der Waals surface area contributed by atoms with Crippen LogP contribution in [0.3, 0.4) is 0 Å². The number of unbranched alkanes of at least 4 members (excludes halogenated alkanes) is 3. The van der Waals surface area contributed by atoms with E-state index in [-0.39, 0.29) is 0 Å². The summed E-state index contributed by atoms with van der Waals surface area (Å²) < 4.78 is 20.3. The van der Waals surface area contributed by atoms with E-state index in [9.17, 15) is 4.57 Å². The zero-order chi connectivity index (χ0) is 9.45. The molecule has 0 aliphatic rings. The molecular weight excluding hydrogens is 177 g/mol. The van der Waals surface area contributed by atoms with Crippen LogP contribution in [-0.2, 0) is 13.7 Å². The maximum atomic E-state index is 11.3. The molecule has 0 radical (unpaired) electrons. The Hall–Kier alpha value is 0.110. The molecule has 0 aliphatic carbocycles. The van der Waals surface area contributed by atoms with Crippen LogP contribution < -0.4 is 5.90 Å². The van der Waals surface area contributed by atoms with Gasteiger partial charge in [-0.2, -0.15) is 0 Å². The SMILES string of the molecule is CCCCCCP(=O)(OC)ON. The second-order valence-corrected chi connectivity index (χ2v) is 4.93. The molecule has 0 aromatic rings. The standard InChI is InChI=1S/C7H18NO3P/c1-3-4-5-6-7-12(9,10-2)11-8/h3-8H2,1-2H3. The fourth-order valence-electron chi connectivity index (χ4n) is 0.919. The molecule has 0 aliphatic heterocycles. The van der Waals surface area contributed by atoms with E-state index in [0.717, 1.165) is 25.7 Å². The van der Waals surface area contributed by atoms with Crippen LogP contribution >= 0.6 is 7.60 Å². The van der Waals surface area contributed by atoms with Gasteiger partial charge in [0, 0.05) is 7.11 Å². The first-order chi connectivity index (χ1) is 5.68. The summed E-state index contributed by atoms with van der Waals surface area (Å²) in [5.74, 6) is 4.84. The lowest BCUT2D eigenvalue weighted by molar-refractivity contribution is 0.238. The normalized spacial score (nSPS) is 15.9. The number of hydrogen-bond donors (Lipinski definition) is 1. The highest BCUT2D eigenvalue weighted by molar-refractivity contribution is 7.53. The molecule has 0 heterocycles. The largest absolute Gasteiger partial charge is 0.346 e. The molecule has 0 saturated heterocycles. The summed E-state index contributed by atoms with van der Waals surface area (Å²) >= 11 is 0. The highest BCUT2D eigenvalue weighted by Gasteiger charge is 2.20. The zero-order valence-electron chi connectivity index (χ0n) is 7.78. The average molecular weight is 195 g/mol. The Kier molecular flexibility index (Phi) is 6.67. The highest BCUT2D eigenvalue weighted by Crippen LogP contribution is 2.46. The smallest absolute Gasteiger partial charge is 0.311 e. The maximum absolute atomic E-state index is 11.3. The molecule has 0 saturated carbocycles. The molecule has 4 nitrogen and oxygen atoms in total. The van der Waals surface area contributed by atoms with Gasteiger partial charge in [0.2, 0.25) is 0 Å². The van der Waals surface area contributed by atoms with Crippen molar-refractivity contribution in [2.45, 2.75) is 32.6 Å². The first-order valence-corrected chi connectivity index (χ1v) is 5.94. The first kappa shape index (κ1) is 12.1. The molecule has 0 aromatic carbocycles. The molecule has 74 valence electrons. The summed E-state index contributed by atoms with van der Waals surface area (Å²) in [5, 5.41) is 0. The van der Waals surface area contributed by atoms with Crippen LogP contribution in [0, 0.1) is 0 Å². The van der Waals surface area contributed by atoms with Gasteiger partial charge in [-0.05, 0) is 6.42 Å². The third kappa shape index (κ3) is 4.88. The number of hydrogen-bond acceptors (Lipinski definition) is 4. The topological polar surface area (TPSA) is 61.5 Å². The lowest BCUT2D eigenvalue weighted by atomic mass is 10.2. The van der Waals surface area contributed by atoms with Crippen LogP contribution in [0.2, 0.25) is 0 Å². The van der Waals surface area contributed by atoms with E-state index < -0.39 is 7.60 Å². The molecule has 0 bridgehead atoms. The van der Waals surface area contributed by atoms with Gasteiger partial charge in [-0.15, -0.1) is 0 Å². The van der Waals surface area contributed by atoms with Gasteiger partial charge in [-0.3, -0.25) is 4.57 Å². The molecule has 5 heteroatoms. The lowest BCUT2D eigenvalue weighted by Crippen LogP contribution is -2.02. The van der Waals surface area contributed by atoms with Gasteiger partial charge >= 0.3 is 7.60 Å². The predicted octanol–water partition coefficient (Wildman–Crippen LogP) is 2.30. The van der Waals surface area contributed by atoms with E-state index in [0.29, 0.717) is 6.16 Å². The van der Waals surface area contributed by atoms with E-state index in [1.165, 1.54) is 7.11 Å². The Morgan fingerprint density at radius 3 is 2.42 bits per heavy atom. The van der Waals surface area contributed by atoms with E-state index in [1.807, 2.05) is 0 Å². The van der Waals surface area contributed by atoms with E-state index >= 15 is 0 Å². The molecule has 2 N–H and O–H groups in total. The second kappa shape index (κ2) is 6.61. The van der Waals surface area contributed by atoms with Crippen molar-refractivity contribution >= 4 is 7.60 Å². The predicted molar refractivity (Wildman–Crippen MR) is 48.9 cm³/mol. The number of nitrogens with two attached hydrogens (primary N) is 1. The van der Waals surface area contributed by atoms with Crippen molar-refractivity contribution in [3.8, 4) is 0 Å². The Balaban J connectivity index is 3.52. The van der Waals surface area contributed by atoms with Gasteiger partial charge in [0.1, 0.15) is 0 Å². The Labute approximate surface area is 73.9 Å². The highest BCUT2D eigenvalue weighted by atomic mass is 31.2. The third-order valence-corrected chi connectivity index (χ3v) is 3.47. The first-order valence-electron chi connectivity index (χ1n) is 4.22. The van der Waals surface area contributed by atoms with E-state index in [4.69, 9.17) is 5.90 Å². The molecule has 12 heavy (non-hydrogen) atoms. The molecule has 0 spiro atoms. The molecule has 1 unspecified atom stereocenters. The Bertz CT molecular complexity index is 144. The quantitative estimate of drug-likeness (QED) is 0.384. The molecule has 0 amide bonds. The van der Waals surface area contributed by atoms with Crippen LogP contribution in [-0.4, -0.2) is 13.3 Å². The second-order valence-electron chi connectivity index (χ2n) is 2.68. The van der Waals surface area contributed by atoms with Gasteiger partial charge < -0.3 is 4.52 Å². The minimum Gasteiger partial charge on any atom is -0.311 e. The van der Waals surface area contributed by atoms with Crippen LogP contribution in [0.25, 0.3) is 0 Å². The van der Waals surface area contributed by atoms with Crippen molar-refractivity contribution in [1.82, 2.24) is 0 Å². The third-order valence-electron chi connectivity index (χ3n) is 1.72. The fourth-order valence-corrected chi connectivity index (χ4v) is 1.90. The van der Waals surface area contributed by atoms with Gasteiger partial charge in [-0.25, -0.2) is 10.5 Å². The fraction of sp³-hybridized carbons (Fsp3) is 1.00. The summed E-state index contributed by atoms with van der Waals surface area (Å²) in [5.41, 5.74) is 0. The van der Waals surface area contributed by atoms with Gasteiger partial charge in [0.15, 0.2) is 0 Å². The summed E-state index contributed by atoms with van der Waals surface area (Å²) in [4.78, 5) is 0. The molecule has 0 fully saturated rings. The van der Waals surface area contributed by atoms with Crippen LogP contribution in [0.4, 0.5) is 0 Å². The molecule has 0 aromatic heterocycles. The maximum Gasteiger partial charge on any atom is 0.346 e. The van der Waals surface area contributed by atoms with Crippen molar-refractivity contribution in [3.05, 3.63) is 0 Å². The van der Waals surface area contributed by atoms with Gasteiger partial charge in [-0.1, -0.05) is 26.2 Å². The van der Waals surface area contributed by atoms with E-state index in [2.05, 4.69) is 16.1 Å². The van der Waals surface area contributed by atoms with Gasteiger partial charge in [0.25, 0.3) is 0 Å². The van der Waals surface area contributed by atoms with Gasteiger partial charge in [0.05, 0.1) is 6.16 Å². The minimum absolute atomic E-state index is 0.417. The number of rotatable bonds is 7. The Morgan fingerprint density at radius 1 is 1.33 bits per heavy atom. The average Bonchev–Trinajstić information content (AvgIpc) is 2.12. The van der Waals surface area contributed by atoms with Crippen LogP contribution in [0.1, 0.15) is 32.6 Å². The summed E-state index contributed by atoms with van der Waals surface area (Å²) in [7, 11) is -1.59. The van der Waals surface area contributed by atoms with Crippen LogP contribution in [0.15, 0.2) is 0 Å². The van der Waals surface area contributed by atoms with Crippen molar-refractivity contribution in [2.24, 2.45) is 5.90 Å². The van der Waals surface area contributed by atoms with Crippen molar-refractivity contribution < 1.29 is 13.7 Å². The van der Waals surface area contributed by atoms with Crippen molar-refractivity contribution in [3.63, 3.8) is 0 Å².